The molecule has 2 aliphatic rings. The molecule has 3 heterocycles. The van der Waals surface area contributed by atoms with Crippen molar-refractivity contribution in [1.82, 2.24) is 15.8 Å². The van der Waals surface area contributed by atoms with Gasteiger partial charge in [0.25, 0.3) is 0 Å². The number of ether oxygens (including phenoxy) is 1. The third-order valence-electron chi connectivity index (χ3n) is 4.37. The molecule has 4 rings (SSSR count). The minimum atomic E-state index is -0.405. The van der Waals surface area contributed by atoms with E-state index in [1.165, 1.54) is 6.92 Å². The summed E-state index contributed by atoms with van der Waals surface area (Å²) in [4.78, 5) is 24.8. The lowest BCUT2D eigenvalue weighted by atomic mass is 10.0. The summed E-state index contributed by atoms with van der Waals surface area (Å²) < 4.78 is 10.7. The Bertz CT molecular complexity index is 832. The molecule has 0 bridgehead atoms. The fourth-order valence-electron chi connectivity index (χ4n) is 3.15. The topological polar surface area (TPSA) is 96.7 Å². The highest BCUT2D eigenvalue weighted by molar-refractivity contribution is 5.90. The van der Waals surface area contributed by atoms with E-state index in [0.717, 1.165) is 28.1 Å². The van der Waals surface area contributed by atoms with Gasteiger partial charge in [-0.1, -0.05) is 5.16 Å². The molecule has 0 aliphatic carbocycles. The van der Waals surface area contributed by atoms with E-state index >= 15 is 0 Å². The summed E-state index contributed by atoms with van der Waals surface area (Å²) in [5.41, 5.74) is 3.79. The van der Waals surface area contributed by atoms with Gasteiger partial charge < -0.3 is 19.9 Å². The van der Waals surface area contributed by atoms with Crippen molar-refractivity contribution in [3.8, 4) is 11.3 Å². The predicted molar refractivity (Wildman–Crippen MR) is 88.8 cm³/mol. The van der Waals surface area contributed by atoms with E-state index in [9.17, 15) is 9.59 Å². The number of rotatable bonds is 3. The molecule has 1 saturated heterocycles. The van der Waals surface area contributed by atoms with Gasteiger partial charge in [0.15, 0.2) is 5.76 Å². The lowest BCUT2D eigenvalue weighted by molar-refractivity contribution is -0.119. The summed E-state index contributed by atoms with van der Waals surface area (Å²) in [6.45, 7) is 3.51. The number of carbonyl (C=O) groups excluding carboxylic acids is 2. The van der Waals surface area contributed by atoms with Crippen molar-refractivity contribution in [3.63, 3.8) is 0 Å². The molecule has 2 amide bonds. The number of hydrogen-bond donors (Lipinski definition) is 2. The van der Waals surface area contributed by atoms with Crippen LogP contribution in [0.1, 0.15) is 18.1 Å². The van der Waals surface area contributed by atoms with E-state index in [1.807, 2.05) is 18.2 Å². The van der Waals surface area contributed by atoms with Crippen LogP contribution in [-0.2, 0) is 22.6 Å². The van der Waals surface area contributed by atoms with Gasteiger partial charge in [0.2, 0.25) is 5.91 Å². The smallest absolute Gasteiger partial charge is 0.414 e. The number of cyclic esters (lactones) is 1. The molecule has 1 atom stereocenters. The second-order valence-electron chi connectivity index (χ2n) is 6.18. The largest absolute Gasteiger partial charge is 0.442 e. The van der Waals surface area contributed by atoms with E-state index in [4.69, 9.17) is 9.26 Å². The van der Waals surface area contributed by atoms with Crippen molar-refractivity contribution in [2.24, 2.45) is 0 Å². The SMILES string of the molecule is CC(=O)NC[C@H]1CN(c2ccc3c(c2)CNCc2cnoc2-3)C(=O)O1. The number of anilines is 1. The highest BCUT2D eigenvalue weighted by Gasteiger charge is 2.33. The lowest BCUT2D eigenvalue weighted by Gasteiger charge is -2.15. The molecular formula is C17H18N4O4. The summed E-state index contributed by atoms with van der Waals surface area (Å²) in [6, 6.07) is 5.77. The Labute approximate surface area is 144 Å². The molecule has 130 valence electrons. The van der Waals surface area contributed by atoms with Crippen molar-refractivity contribution < 1.29 is 18.8 Å². The van der Waals surface area contributed by atoms with E-state index in [0.29, 0.717) is 26.2 Å². The molecule has 0 unspecified atom stereocenters. The predicted octanol–water partition coefficient (Wildman–Crippen LogP) is 1.41. The van der Waals surface area contributed by atoms with Gasteiger partial charge in [-0.15, -0.1) is 0 Å². The standard InChI is InChI=1S/C17H18N4O4/c1-10(22)19-8-14-9-21(17(23)24-14)13-2-3-15-11(4-13)5-18-6-12-7-20-25-16(12)15/h2-4,7,14,18H,5-6,8-9H2,1H3,(H,19,22)/t14-/m0/s1. The highest BCUT2D eigenvalue weighted by Crippen LogP contribution is 2.33. The quantitative estimate of drug-likeness (QED) is 0.875. The Hall–Kier alpha value is -2.87. The number of fused-ring (bicyclic) bond motifs is 3. The van der Waals surface area contributed by atoms with Crippen LogP contribution in [0, 0.1) is 0 Å². The van der Waals surface area contributed by atoms with Crippen molar-refractivity contribution in [2.75, 3.05) is 18.0 Å². The molecule has 2 N–H and O–H groups in total. The van der Waals surface area contributed by atoms with Crippen molar-refractivity contribution in [2.45, 2.75) is 26.1 Å². The van der Waals surface area contributed by atoms with Crippen LogP contribution in [0.15, 0.2) is 28.9 Å². The second kappa shape index (κ2) is 6.21. The van der Waals surface area contributed by atoms with Gasteiger partial charge in [-0.05, 0) is 23.8 Å². The van der Waals surface area contributed by atoms with Gasteiger partial charge in [-0.3, -0.25) is 9.69 Å². The van der Waals surface area contributed by atoms with Crippen molar-refractivity contribution in [3.05, 3.63) is 35.5 Å². The van der Waals surface area contributed by atoms with Gasteiger partial charge in [0.1, 0.15) is 6.10 Å². The third-order valence-corrected chi connectivity index (χ3v) is 4.37. The van der Waals surface area contributed by atoms with Crippen LogP contribution in [-0.4, -0.2) is 36.4 Å². The first-order valence-electron chi connectivity index (χ1n) is 8.12. The lowest BCUT2D eigenvalue weighted by Crippen LogP contribution is -2.33. The van der Waals surface area contributed by atoms with E-state index in [1.54, 1.807) is 11.1 Å². The van der Waals surface area contributed by atoms with Gasteiger partial charge in [0, 0.05) is 36.8 Å². The van der Waals surface area contributed by atoms with Crippen LogP contribution in [0.25, 0.3) is 11.3 Å². The van der Waals surface area contributed by atoms with E-state index in [-0.39, 0.29) is 12.0 Å². The average molecular weight is 342 g/mol. The van der Waals surface area contributed by atoms with Gasteiger partial charge in [0.05, 0.1) is 19.3 Å². The van der Waals surface area contributed by atoms with Crippen LogP contribution in [0.2, 0.25) is 0 Å². The molecule has 0 spiro atoms. The molecule has 1 aromatic heterocycles. The fourth-order valence-corrected chi connectivity index (χ4v) is 3.15. The van der Waals surface area contributed by atoms with E-state index < -0.39 is 6.09 Å². The maximum Gasteiger partial charge on any atom is 0.414 e. The monoisotopic (exact) mass is 342 g/mol. The Balaban J connectivity index is 1.58. The molecule has 1 aromatic carbocycles. The summed E-state index contributed by atoms with van der Waals surface area (Å²) in [5.74, 6) is 0.618. The molecule has 0 saturated carbocycles. The Kier molecular flexibility index (Phi) is 3.89. The molecule has 8 nitrogen and oxygen atoms in total. The average Bonchev–Trinajstić information content (AvgIpc) is 3.15. The highest BCUT2D eigenvalue weighted by atomic mass is 16.6. The normalized spacial score (nSPS) is 19.0. The molecule has 25 heavy (non-hydrogen) atoms. The third kappa shape index (κ3) is 2.96. The number of hydrogen-bond acceptors (Lipinski definition) is 6. The molecule has 2 aromatic rings. The van der Waals surface area contributed by atoms with Crippen LogP contribution < -0.4 is 15.5 Å². The van der Waals surface area contributed by atoms with Gasteiger partial charge in [-0.2, -0.15) is 0 Å². The number of carbonyl (C=O) groups is 2. The van der Waals surface area contributed by atoms with Crippen LogP contribution in [0.4, 0.5) is 10.5 Å². The van der Waals surface area contributed by atoms with Gasteiger partial charge in [-0.25, -0.2) is 4.79 Å². The first kappa shape index (κ1) is 15.6. The Morgan fingerprint density at radius 1 is 1.40 bits per heavy atom. The maximum atomic E-state index is 12.2. The number of benzene rings is 1. The molecule has 8 heteroatoms. The van der Waals surface area contributed by atoms with Crippen molar-refractivity contribution in [1.29, 1.82) is 0 Å². The van der Waals surface area contributed by atoms with Crippen LogP contribution in [0.5, 0.6) is 0 Å². The minimum absolute atomic E-state index is 0.145. The summed E-state index contributed by atoms with van der Waals surface area (Å²) in [6.07, 6.45) is 0.960. The first-order valence-corrected chi connectivity index (χ1v) is 8.12. The summed E-state index contributed by atoms with van der Waals surface area (Å²) in [7, 11) is 0. The Morgan fingerprint density at radius 3 is 3.08 bits per heavy atom. The second-order valence-corrected chi connectivity index (χ2v) is 6.18. The van der Waals surface area contributed by atoms with Crippen LogP contribution in [0.3, 0.4) is 0 Å². The maximum absolute atomic E-state index is 12.2. The molecular weight excluding hydrogens is 324 g/mol. The molecule has 0 radical (unpaired) electrons. The number of nitrogens with zero attached hydrogens (tertiary/aromatic N) is 2. The Morgan fingerprint density at radius 2 is 2.24 bits per heavy atom. The zero-order valence-electron chi connectivity index (χ0n) is 13.7. The molecule has 2 aliphatic heterocycles. The number of nitrogens with one attached hydrogen (secondary N) is 2. The van der Waals surface area contributed by atoms with Crippen molar-refractivity contribution >= 4 is 17.7 Å². The molecule has 1 fully saturated rings. The minimum Gasteiger partial charge on any atom is -0.442 e. The summed E-state index contributed by atoms with van der Waals surface area (Å²) >= 11 is 0. The zero-order chi connectivity index (χ0) is 17.4. The first-order chi connectivity index (χ1) is 12.1. The number of amides is 2. The van der Waals surface area contributed by atoms with E-state index in [2.05, 4.69) is 15.8 Å². The fraction of sp³-hybridized carbons (Fsp3) is 0.353. The van der Waals surface area contributed by atoms with Crippen LogP contribution >= 0.6 is 0 Å². The number of aromatic nitrogens is 1. The summed E-state index contributed by atoms with van der Waals surface area (Å²) in [5, 5.41) is 9.88. The zero-order valence-corrected chi connectivity index (χ0v) is 13.7. The van der Waals surface area contributed by atoms with Gasteiger partial charge >= 0.3 is 6.09 Å².